The number of anilines is 4. The predicted octanol–water partition coefficient (Wildman–Crippen LogP) is 7.04. The second-order valence-corrected chi connectivity index (χ2v) is 9.25. The second kappa shape index (κ2) is 10.7. The number of pyridine rings is 2. The SMILES string of the molecule is N#Cc1ccc(N(C(=S)N(c2ccc([N+](=O)[O-])cc2)c2ccc(Br)cn2)c2ccc(Br)cn2)cc1. The normalized spacial score (nSPS) is 10.3. The van der Waals surface area contributed by atoms with Crippen LogP contribution in [-0.4, -0.2) is 20.0 Å². The highest BCUT2D eigenvalue weighted by Crippen LogP contribution is 2.33. The van der Waals surface area contributed by atoms with Crippen LogP contribution in [0.5, 0.6) is 0 Å². The van der Waals surface area contributed by atoms with Crippen molar-refractivity contribution < 1.29 is 4.92 Å². The van der Waals surface area contributed by atoms with Crippen molar-refractivity contribution in [2.24, 2.45) is 0 Å². The van der Waals surface area contributed by atoms with Gasteiger partial charge in [-0.2, -0.15) is 5.26 Å². The Morgan fingerprint density at radius 1 is 0.829 bits per heavy atom. The van der Waals surface area contributed by atoms with Crippen molar-refractivity contribution in [2.45, 2.75) is 0 Å². The lowest BCUT2D eigenvalue weighted by Gasteiger charge is -2.32. The molecule has 0 saturated heterocycles. The molecule has 4 aromatic rings. The number of hydrogen-bond acceptors (Lipinski definition) is 6. The zero-order chi connectivity index (χ0) is 24.9. The summed E-state index contributed by atoms with van der Waals surface area (Å²) in [6.07, 6.45) is 3.29. The first-order valence-corrected chi connectivity index (χ1v) is 12.0. The van der Waals surface area contributed by atoms with Gasteiger partial charge in [0.05, 0.1) is 22.2 Å². The van der Waals surface area contributed by atoms with Crippen LogP contribution in [0.2, 0.25) is 0 Å². The molecular formula is C24H14Br2N6O2S. The molecule has 2 heterocycles. The number of nitro benzene ring substituents is 1. The summed E-state index contributed by atoms with van der Waals surface area (Å²) in [5, 5.41) is 20.7. The van der Waals surface area contributed by atoms with E-state index < -0.39 is 4.92 Å². The van der Waals surface area contributed by atoms with E-state index in [-0.39, 0.29) is 5.69 Å². The molecule has 0 atom stereocenters. The van der Waals surface area contributed by atoms with Gasteiger partial charge in [-0.1, -0.05) is 0 Å². The molecule has 0 unspecified atom stereocenters. The average Bonchev–Trinajstić information content (AvgIpc) is 2.87. The van der Waals surface area contributed by atoms with Crippen LogP contribution >= 0.6 is 44.1 Å². The summed E-state index contributed by atoms with van der Waals surface area (Å²) in [5.74, 6) is 1.04. The predicted molar refractivity (Wildman–Crippen MR) is 145 cm³/mol. The molecule has 11 heteroatoms. The van der Waals surface area contributed by atoms with Gasteiger partial charge < -0.3 is 0 Å². The Morgan fingerprint density at radius 3 is 1.66 bits per heavy atom. The first-order valence-electron chi connectivity index (χ1n) is 9.99. The van der Waals surface area contributed by atoms with Crippen molar-refractivity contribution in [3.8, 4) is 6.07 Å². The Balaban J connectivity index is 1.87. The van der Waals surface area contributed by atoms with Crippen molar-refractivity contribution in [2.75, 3.05) is 9.80 Å². The Hall–Kier alpha value is -3.72. The molecule has 8 nitrogen and oxygen atoms in total. The van der Waals surface area contributed by atoms with Gasteiger partial charge in [-0.3, -0.25) is 19.9 Å². The molecule has 0 amide bonds. The molecule has 0 spiro atoms. The third-order valence-electron chi connectivity index (χ3n) is 4.84. The van der Waals surface area contributed by atoms with Gasteiger partial charge in [0.15, 0.2) is 5.11 Å². The van der Waals surface area contributed by atoms with E-state index in [1.54, 1.807) is 70.7 Å². The number of non-ortho nitro benzene ring substituents is 1. The summed E-state index contributed by atoms with van der Waals surface area (Å²) in [7, 11) is 0. The van der Waals surface area contributed by atoms with E-state index in [4.69, 9.17) is 12.2 Å². The number of nitrogens with zero attached hydrogens (tertiary/aromatic N) is 6. The Kier molecular flexibility index (Phi) is 7.45. The van der Waals surface area contributed by atoms with Crippen molar-refractivity contribution >= 4 is 77.9 Å². The smallest absolute Gasteiger partial charge is 0.269 e. The van der Waals surface area contributed by atoms with Crippen LogP contribution < -0.4 is 9.80 Å². The topological polar surface area (TPSA) is 99.2 Å². The van der Waals surface area contributed by atoms with E-state index >= 15 is 0 Å². The minimum Gasteiger partial charge on any atom is -0.271 e. The fourth-order valence-corrected chi connectivity index (χ4v) is 4.06. The van der Waals surface area contributed by atoms with Crippen LogP contribution in [0.4, 0.5) is 28.7 Å². The van der Waals surface area contributed by atoms with Gasteiger partial charge in [-0.05, 0) is 105 Å². The zero-order valence-electron chi connectivity index (χ0n) is 17.7. The minimum atomic E-state index is -0.459. The Bertz CT molecular complexity index is 1410. The molecule has 4 rings (SSSR count). The van der Waals surface area contributed by atoms with Gasteiger partial charge >= 0.3 is 0 Å². The number of hydrogen-bond donors (Lipinski definition) is 0. The maximum absolute atomic E-state index is 11.2. The molecule has 0 saturated carbocycles. The zero-order valence-corrected chi connectivity index (χ0v) is 21.7. The van der Waals surface area contributed by atoms with E-state index in [0.29, 0.717) is 33.7 Å². The first kappa shape index (κ1) is 24.4. The monoisotopic (exact) mass is 608 g/mol. The highest BCUT2D eigenvalue weighted by molar-refractivity contribution is 9.10. The molecular weight excluding hydrogens is 596 g/mol. The molecule has 35 heavy (non-hydrogen) atoms. The van der Waals surface area contributed by atoms with Gasteiger partial charge in [0, 0.05) is 39.2 Å². The summed E-state index contributed by atoms with van der Waals surface area (Å²) in [6, 6.07) is 22.3. The van der Waals surface area contributed by atoms with Crippen molar-refractivity contribution in [3.05, 3.63) is 110 Å². The first-order chi connectivity index (χ1) is 16.9. The Labute approximate surface area is 222 Å². The highest BCUT2D eigenvalue weighted by atomic mass is 79.9. The Morgan fingerprint density at radius 2 is 1.29 bits per heavy atom. The molecule has 2 aromatic carbocycles. The van der Waals surface area contributed by atoms with Crippen molar-refractivity contribution in [1.29, 1.82) is 5.26 Å². The number of benzene rings is 2. The van der Waals surface area contributed by atoms with Crippen LogP contribution in [0.15, 0.2) is 94.1 Å². The minimum absolute atomic E-state index is 0.0399. The number of nitro groups is 1. The maximum Gasteiger partial charge on any atom is 0.269 e. The van der Waals surface area contributed by atoms with Crippen LogP contribution in [0.25, 0.3) is 0 Å². The lowest BCUT2D eigenvalue weighted by molar-refractivity contribution is -0.384. The molecule has 2 aromatic heterocycles. The number of halogens is 2. The highest BCUT2D eigenvalue weighted by Gasteiger charge is 2.25. The second-order valence-electron chi connectivity index (χ2n) is 7.05. The molecule has 172 valence electrons. The molecule has 0 aliphatic heterocycles. The lowest BCUT2D eigenvalue weighted by atomic mass is 10.2. The lowest BCUT2D eigenvalue weighted by Crippen LogP contribution is -2.38. The van der Waals surface area contributed by atoms with Gasteiger partial charge in [-0.15, -0.1) is 0 Å². The molecule has 0 aliphatic rings. The number of nitriles is 1. The third kappa shape index (κ3) is 5.51. The fraction of sp³-hybridized carbons (Fsp3) is 0. The summed E-state index contributed by atoms with van der Waals surface area (Å²) in [6.45, 7) is 0. The van der Waals surface area contributed by atoms with E-state index in [1.807, 2.05) is 12.1 Å². The van der Waals surface area contributed by atoms with E-state index in [2.05, 4.69) is 47.9 Å². The van der Waals surface area contributed by atoms with Crippen molar-refractivity contribution in [3.63, 3.8) is 0 Å². The summed E-state index contributed by atoms with van der Waals surface area (Å²) in [4.78, 5) is 23.2. The quantitative estimate of drug-likeness (QED) is 0.135. The molecule has 0 bridgehead atoms. The van der Waals surface area contributed by atoms with Crippen LogP contribution in [0.1, 0.15) is 5.56 Å². The molecule has 0 radical (unpaired) electrons. The van der Waals surface area contributed by atoms with Gasteiger partial charge in [0.1, 0.15) is 11.6 Å². The maximum atomic E-state index is 11.2. The molecule has 0 N–H and O–H groups in total. The molecule has 0 fully saturated rings. The molecule has 0 aliphatic carbocycles. The van der Waals surface area contributed by atoms with E-state index in [9.17, 15) is 15.4 Å². The largest absolute Gasteiger partial charge is 0.271 e. The number of aromatic nitrogens is 2. The van der Waals surface area contributed by atoms with Crippen LogP contribution in [-0.2, 0) is 0 Å². The summed E-state index contributed by atoms with van der Waals surface area (Å²) in [5.41, 5.74) is 1.71. The van der Waals surface area contributed by atoms with Crippen molar-refractivity contribution in [1.82, 2.24) is 9.97 Å². The number of rotatable bonds is 5. The standard InChI is InChI=1S/C24H14Br2N6O2S/c25-17-3-11-22(28-14-17)30(19-5-1-16(13-27)2-6-19)24(35)31(23-12-4-18(26)15-29-23)20-7-9-21(10-8-20)32(33)34/h1-12,14-15H. The van der Waals surface area contributed by atoms with Gasteiger partial charge in [0.25, 0.3) is 5.69 Å². The van der Waals surface area contributed by atoms with Gasteiger partial charge in [0.2, 0.25) is 0 Å². The third-order valence-corrected chi connectivity index (χ3v) is 6.14. The fourth-order valence-electron chi connectivity index (χ4n) is 3.19. The van der Waals surface area contributed by atoms with Crippen LogP contribution in [0, 0.1) is 21.4 Å². The van der Waals surface area contributed by atoms with E-state index in [1.165, 1.54) is 12.1 Å². The van der Waals surface area contributed by atoms with Gasteiger partial charge in [-0.25, -0.2) is 9.97 Å². The summed E-state index contributed by atoms with van der Waals surface area (Å²) < 4.78 is 1.59. The van der Waals surface area contributed by atoms with Crippen LogP contribution in [0.3, 0.4) is 0 Å². The number of thiocarbonyl (C=S) groups is 1. The summed E-state index contributed by atoms with van der Waals surface area (Å²) >= 11 is 12.8. The average molecular weight is 610 g/mol. The van der Waals surface area contributed by atoms with E-state index in [0.717, 1.165) is 8.95 Å².